The van der Waals surface area contributed by atoms with Gasteiger partial charge in [0.15, 0.2) is 5.82 Å². The fourth-order valence-electron chi connectivity index (χ4n) is 3.54. The number of aromatic nitrogens is 2. The van der Waals surface area contributed by atoms with Gasteiger partial charge in [-0.1, -0.05) is 18.2 Å². The normalized spacial score (nSPS) is 16.2. The molecule has 1 aromatic carbocycles. The highest BCUT2D eigenvalue weighted by atomic mass is 19.4. The third-order valence-electron chi connectivity index (χ3n) is 5.31. The summed E-state index contributed by atoms with van der Waals surface area (Å²) in [5.74, 6) is -0.682. The fourth-order valence-corrected chi connectivity index (χ4v) is 3.54. The molecule has 2 aromatic rings. The zero-order chi connectivity index (χ0) is 24.9. The monoisotopic (exact) mass is 481 g/mol. The van der Waals surface area contributed by atoms with E-state index in [2.05, 4.69) is 15.6 Å². The van der Waals surface area contributed by atoms with Gasteiger partial charge in [0.25, 0.3) is 5.56 Å². The van der Waals surface area contributed by atoms with Crippen molar-refractivity contribution in [1.82, 2.24) is 19.9 Å². The number of amides is 1. The van der Waals surface area contributed by atoms with Crippen LogP contribution in [-0.4, -0.2) is 52.2 Å². The van der Waals surface area contributed by atoms with Crippen LogP contribution in [0.5, 0.6) is 0 Å². The fraction of sp³-hybridized carbons (Fsp3) is 0.429. The molecule has 2 heterocycles. The molecule has 1 unspecified atom stereocenters. The number of halogens is 3. The Kier molecular flexibility index (Phi) is 7.76. The number of nitrogens with zero attached hydrogens (tertiary/aromatic N) is 3. The first-order valence-electron chi connectivity index (χ1n) is 10.6. The van der Waals surface area contributed by atoms with Crippen LogP contribution in [0.1, 0.15) is 23.2 Å². The van der Waals surface area contributed by atoms with Crippen molar-refractivity contribution in [1.29, 1.82) is 5.41 Å². The Morgan fingerprint density at radius 2 is 2.09 bits per heavy atom. The number of hydrogen-bond donors (Lipinski definition) is 4. The van der Waals surface area contributed by atoms with E-state index in [1.54, 1.807) is 6.92 Å². The van der Waals surface area contributed by atoms with Gasteiger partial charge in [0.05, 0.1) is 24.8 Å². The van der Waals surface area contributed by atoms with Gasteiger partial charge in [-0.05, 0) is 31.4 Å². The molecule has 0 radical (unpaired) electrons. The molecule has 13 heteroatoms. The maximum Gasteiger partial charge on any atom is 0.416 e. The van der Waals surface area contributed by atoms with E-state index in [1.807, 2.05) is 0 Å². The Labute approximate surface area is 193 Å². The van der Waals surface area contributed by atoms with Crippen molar-refractivity contribution in [3.05, 3.63) is 57.6 Å². The van der Waals surface area contributed by atoms with Gasteiger partial charge < -0.3 is 16.4 Å². The summed E-state index contributed by atoms with van der Waals surface area (Å²) in [4.78, 5) is 34.6. The number of carbonyl (C=O) groups excluding carboxylic acids is 1. The highest BCUT2D eigenvalue weighted by Crippen LogP contribution is 2.31. The van der Waals surface area contributed by atoms with Gasteiger partial charge in [-0.3, -0.25) is 24.4 Å². The zero-order valence-corrected chi connectivity index (χ0v) is 18.5. The largest absolute Gasteiger partial charge is 0.416 e. The summed E-state index contributed by atoms with van der Waals surface area (Å²) >= 11 is 0. The number of rotatable bonds is 7. The minimum atomic E-state index is -4.47. The molecule has 1 fully saturated rings. The number of nitrogens with two attached hydrogens (primary N) is 1. The molecule has 1 aliphatic rings. The third-order valence-corrected chi connectivity index (χ3v) is 5.31. The minimum Gasteiger partial charge on any atom is -0.368 e. The van der Waals surface area contributed by atoms with Crippen molar-refractivity contribution in [3.8, 4) is 0 Å². The highest BCUT2D eigenvalue weighted by Gasteiger charge is 2.32. The van der Waals surface area contributed by atoms with E-state index in [4.69, 9.17) is 16.0 Å². The van der Waals surface area contributed by atoms with E-state index in [-0.39, 0.29) is 49.5 Å². The third kappa shape index (κ3) is 6.25. The van der Waals surface area contributed by atoms with E-state index < -0.39 is 23.2 Å². The summed E-state index contributed by atoms with van der Waals surface area (Å²) in [6.07, 6.45) is -2.51. The van der Waals surface area contributed by atoms with Crippen LogP contribution < -0.4 is 21.9 Å². The van der Waals surface area contributed by atoms with Gasteiger partial charge in [0.2, 0.25) is 11.9 Å². The number of alkyl halides is 3. The number of nitrogens with one attached hydrogen (secondary N) is 3. The second kappa shape index (κ2) is 10.5. The molecular weight excluding hydrogens is 455 g/mol. The summed E-state index contributed by atoms with van der Waals surface area (Å²) in [6.45, 7) is 1.91. The second-order valence-electron chi connectivity index (χ2n) is 7.81. The molecule has 1 atom stereocenters. The first-order chi connectivity index (χ1) is 16.1. The number of aryl methyl sites for hydroxylation is 1. The minimum absolute atomic E-state index is 0.0319. The molecule has 184 valence electrons. The van der Waals surface area contributed by atoms with Crippen molar-refractivity contribution >= 4 is 17.7 Å². The van der Waals surface area contributed by atoms with Gasteiger partial charge in [-0.15, -0.1) is 0 Å². The summed E-state index contributed by atoms with van der Waals surface area (Å²) < 4.78 is 40.7. The summed E-state index contributed by atoms with van der Waals surface area (Å²) in [7, 11) is 0. The smallest absolute Gasteiger partial charge is 0.368 e. The predicted octanol–water partition coefficient (Wildman–Crippen LogP) is 1.24. The van der Waals surface area contributed by atoms with Crippen molar-refractivity contribution in [2.24, 2.45) is 5.73 Å². The first kappa shape index (κ1) is 25.0. The molecule has 1 saturated heterocycles. The van der Waals surface area contributed by atoms with E-state index in [0.29, 0.717) is 18.7 Å². The number of guanidine groups is 1. The molecule has 34 heavy (non-hydrogen) atoms. The lowest BCUT2D eigenvalue weighted by atomic mass is 10.0. The highest BCUT2D eigenvalue weighted by molar-refractivity contribution is 5.76. The Balaban J connectivity index is 1.60. The number of hydrogen-bond acceptors (Lipinski definition) is 6. The molecule has 0 aliphatic carbocycles. The van der Waals surface area contributed by atoms with Crippen LogP contribution in [0.3, 0.4) is 0 Å². The molecule has 5 N–H and O–H groups in total. The molecule has 1 aliphatic heterocycles. The van der Waals surface area contributed by atoms with Crippen molar-refractivity contribution in [2.45, 2.75) is 38.5 Å². The zero-order valence-electron chi connectivity index (χ0n) is 18.5. The molecule has 1 amide bonds. The number of carbonyl (C=O) groups is 1. The van der Waals surface area contributed by atoms with Crippen LogP contribution in [-0.2, 0) is 28.8 Å². The van der Waals surface area contributed by atoms with Crippen molar-refractivity contribution < 1.29 is 22.8 Å². The first-order valence-corrected chi connectivity index (χ1v) is 10.6. The average molecular weight is 481 g/mol. The van der Waals surface area contributed by atoms with Crippen LogP contribution in [0.25, 0.3) is 0 Å². The van der Waals surface area contributed by atoms with Crippen LogP contribution in [0.15, 0.2) is 35.3 Å². The Morgan fingerprint density at radius 3 is 2.74 bits per heavy atom. The van der Waals surface area contributed by atoms with Crippen LogP contribution in [0.2, 0.25) is 0 Å². The van der Waals surface area contributed by atoms with E-state index >= 15 is 0 Å². The molecular formula is C21H26F3N7O3. The Bertz CT molecular complexity index is 1100. The van der Waals surface area contributed by atoms with Crippen LogP contribution >= 0.6 is 0 Å². The number of benzene rings is 1. The topological polar surface area (TPSA) is 138 Å². The van der Waals surface area contributed by atoms with Gasteiger partial charge in [-0.25, -0.2) is 10.0 Å². The lowest BCUT2D eigenvalue weighted by Gasteiger charge is -2.31. The summed E-state index contributed by atoms with van der Waals surface area (Å²) in [5.41, 5.74) is 4.64. The average Bonchev–Trinajstić information content (AvgIpc) is 2.78. The van der Waals surface area contributed by atoms with Gasteiger partial charge in [-0.2, -0.15) is 13.2 Å². The maximum atomic E-state index is 13.2. The van der Waals surface area contributed by atoms with Gasteiger partial charge >= 0.3 is 6.18 Å². The van der Waals surface area contributed by atoms with E-state index in [0.717, 1.165) is 6.07 Å². The quantitative estimate of drug-likeness (QED) is 0.345. The molecule has 10 nitrogen and oxygen atoms in total. The molecule has 0 bridgehead atoms. The SMILES string of the molecule is Cc1cnc(NCCc2ccccc2C(F)(F)F)c(=O)n1CC(=O)NC1CCN(C(=N)N)OC1. The summed E-state index contributed by atoms with van der Waals surface area (Å²) in [6, 6.07) is 4.95. The molecule has 0 saturated carbocycles. The van der Waals surface area contributed by atoms with Crippen LogP contribution in [0.4, 0.5) is 19.0 Å². The molecule has 3 rings (SSSR count). The standard InChI is InChI=1S/C21H26F3N7O3/c1-13-10-28-18(27-8-6-14-4-2-3-5-16(14)21(22,23)24)19(33)30(13)11-17(32)29-15-7-9-31(20(25)26)34-12-15/h2-5,10,15H,6-9,11-12H2,1H3,(H3,25,26)(H,27,28)(H,29,32). The van der Waals surface area contributed by atoms with Gasteiger partial charge in [0.1, 0.15) is 6.54 Å². The number of hydroxylamine groups is 2. The van der Waals surface area contributed by atoms with E-state index in [9.17, 15) is 22.8 Å². The van der Waals surface area contributed by atoms with Crippen molar-refractivity contribution in [3.63, 3.8) is 0 Å². The maximum absolute atomic E-state index is 13.2. The lowest BCUT2D eigenvalue weighted by Crippen LogP contribution is -2.50. The Morgan fingerprint density at radius 1 is 1.35 bits per heavy atom. The molecule has 1 aromatic heterocycles. The Hall–Kier alpha value is -3.61. The van der Waals surface area contributed by atoms with E-state index in [1.165, 1.54) is 34.0 Å². The summed E-state index contributed by atoms with van der Waals surface area (Å²) in [5, 5.41) is 14.1. The van der Waals surface area contributed by atoms with Crippen LogP contribution in [0, 0.1) is 12.3 Å². The second-order valence-corrected chi connectivity index (χ2v) is 7.81. The lowest BCUT2D eigenvalue weighted by molar-refractivity contribution is -0.143. The van der Waals surface area contributed by atoms with Crippen molar-refractivity contribution in [2.75, 3.05) is 25.0 Å². The number of anilines is 1. The predicted molar refractivity (Wildman–Crippen MR) is 118 cm³/mol. The van der Waals surface area contributed by atoms with Gasteiger partial charge in [0, 0.05) is 18.4 Å². The molecule has 0 spiro atoms.